The maximum Gasteiger partial charge on any atom is 0.0950 e. The van der Waals surface area contributed by atoms with Gasteiger partial charge in [-0.25, -0.2) is 0 Å². The highest BCUT2D eigenvalue weighted by Crippen LogP contribution is 2.18. The van der Waals surface area contributed by atoms with Gasteiger partial charge >= 0.3 is 0 Å². The highest BCUT2D eigenvalue weighted by molar-refractivity contribution is 7.98. The van der Waals surface area contributed by atoms with Gasteiger partial charge < -0.3 is 5.11 Å². The van der Waals surface area contributed by atoms with Gasteiger partial charge in [-0.3, -0.25) is 9.58 Å². The molecule has 1 atom stereocenters. The zero-order valence-electron chi connectivity index (χ0n) is 11.3. The second-order valence-corrected chi connectivity index (χ2v) is 5.92. The van der Waals surface area contributed by atoms with Gasteiger partial charge in [-0.2, -0.15) is 16.9 Å². The first-order valence-electron chi connectivity index (χ1n) is 6.66. The van der Waals surface area contributed by atoms with Gasteiger partial charge in [0.05, 0.1) is 17.5 Å². The SMILES string of the molecule is CSCCCN1CCCn2nc([C@@H](C)O)cc2C1. The van der Waals surface area contributed by atoms with Gasteiger partial charge in [-0.15, -0.1) is 0 Å². The van der Waals surface area contributed by atoms with E-state index in [4.69, 9.17) is 0 Å². The minimum absolute atomic E-state index is 0.464. The summed E-state index contributed by atoms with van der Waals surface area (Å²) in [7, 11) is 0. The summed E-state index contributed by atoms with van der Waals surface area (Å²) in [5.41, 5.74) is 2.04. The molecule has 0 saturated heterocycles. The molecule has 0 unspecified atom stereocenters. The largest absolute Gasteiger partial charge is 0.387 e. The van der Waals surface area contributed by atoms with Crippen molar-refractivity contribution in [1.29, 1.82) is 0 Å². The summed E-state index contributed by atoms with van der Waals surface area (Å²) in [6, 6.07) is 2.05. The van der Waals surface area contributed by atoms with E-state index in [9.17, 15) is 5.11 Å². The molecule has 1 aromatic heterocycles. The van der Waals surface area contributed by atoms with Crippen LogP contribution in [0.5, 0.6) is 0 Å². The number of aromatic nitrogens is 2. The normalized spacial score (nSPS) is 18.4. The number of thioether (sulfide) groups is 1. The van der Waals surface area contributed by atoms with Crippen molar-refractivity contribution in [2.45, 2.75) is 39.0 Å². The van der Waals surface area contributed by atoms with Crippen LogP contribution in [0.25, 0.3) is 0 Å². The van der Waals surface area contributed by atoms with Crippen LogP contribution in [-0.4, -0.2) is 44.9 Å². The molecule has 0 bridgehead atoms. The molecule has 1 N–H and O–H groups in total. The topological polar surface area (TPSA) is 41.3 Å². The summed E-state index contributed by atoms with van der Waals surface area (Å²) in [6.45, 7) is 6.03. The fourth-order valence-corrected chi connectivity index (χ4v) is 2.80. The molecular weight excluding hydrogens is 246 g/mol. The maximum atomic E-state index is 9.59. The summed E-state index contributed by atoms with van der Waals surface area (Å²) in [5, 5.41) is 14.1. The number of rotatable bonds is 5. The average molecular weight is 269 g/mol. The van der Waals surface area contributed by atoms with E-state index >= 15 is 0 Å². The molecule has 0 radical (unpaired) electrons. The zero-order chi connectivity index (χ0) is 13.0. The molecule has 1 aliphatic rings. The van der Waals surface area contributed by atoms with Gasteiger partial charge in [0.1, 0.15) is 0 Å². The highest BCUT2D eigenvalue weighted by atomic mass is 32.2. The lowest BCUT2D eigenvalue weighted by Crippen LogP contribution is -2.24. The summed E-state index contributed by atoms with van der Waals surface area (Å²) in [5.74, 6) is 1.23. The molecule has 0 amide bonds. The van der Waals surface area contributed by atoms with E-state index in [-0.39, 0.29) is 0 Å². The first kappa shape index (κ1) is 13.9. The lowest BCUT2D eigenvalue weighted by Gasteiger charge is -2.18. The number of hydrogen-bond donors (Lipinski definition) is 1. The predicted octanol–water partition coefficient (Wildman–Crippen LogP) is 1.90. The molecule has 102 valence electrons. The van der Waals surface area contributed by atoms with Crippen molar-refractivity contribution < 1.29 is 5.11 Å². The average Bonchev–Trinajstić information content (AvgIpc) is 2.64. The number of aliphatic hydroxyl groups excluding tert-OH is 1. The second kappa shape index (κ2) is 6.59. The Bertz CT molecular complexity index is 378. The highest BCUT2D eigenvalue weighted by Gasteiger charge is 2.17. The van der Waals surface area contributed by atoms with Crippen molar-refractivity contribution in [3.8, 4) is 0 Å². The standard InChI is InChI=1S/C13H23N3OS/c1-11(17)13-9-12-10-15(6-4-8-18-2)5-3-7-16(12)14-13/h9,11,17H,3-8,10H2,1-2H3/t11-/m1/s1. The van der Waals surface area contributed by atoms with Crippen molar-refractivity contribution in [3.63, 3.8) is 0 Å². The van der Waals surface area contributed by atoms with Crippen LogP contribution in [0, 0.1) is 0 Å². The molecule has 5 heteroatoms. The monoisotopic (exact) mass is 269 g/mol. The van der Waals surface area contributed by atoms with Gasteiger partial charge in [0.25, 0.3) is 0 Å². The van der Waals surface area contributed by atoms with E-state index in [1.54, 1.807) is 6.92 Å². The van der Waals surface area contributed by atoms with Crippen LogP contribution < -0.4 is 0 Å². The smallest absolute Gasteiger partial charge is 0.0950 e. The van der Waals surface area contributed by atoms with Crippen LogP contribution in [0.2, 0.25) is 0 Å². The van der Waals surface area contributed by atoms with Crippen LogP contribution in [0.15, 0.2) is 6.07 Å². The molecule has 2 rings (SSSR count). The Kier molecular flexibility index (Phi) is 5.09. The predicted molar refractivity (Wildman–Crippen MR) is 75.8 cm³/mol. The lowest BCUT2D eigenvalue weighted by molar-refractivity contribution is 0.193. The summed E-state index contributed by atoms with van der Waals surface area (Å²) in [6.07, 6.45) is 4.09. The van der Waals surface area contributed by atoms with E-state index in [0.29, 0.717) is 0 Å². The number of aryl methyl sites for hydroxylation is 1. The fraction of sp³-hybridized carbons (Fsp3) is 0.769. The van der Waals surface area contributed by atoms with Crippen molar-refractivity contribution in [3.05, 3.63) is 17.5 Å². The molecule has 0 saturated carbocycles. The van der Waals surface area contributed by atoms with Gasteiger partial charge in [-0.1, -0.05) is 0 Å². The quantitative estimate of drug-likeness (QED) is 0.829. The van der Waals surface area contributed by atoms with Gasteiger partial charge in [-0.05, 0) is 44.4 Å². The van der Waals surface area contributed by atoms with E-state index in [2.05, 4.69) is 27.0 Å². The third-order valence-corrected chi connectivity index (χ3v) is 4.06. The van der Waals surface area contributed by atoms with Crippen molar-refractivity contribution in [2.24, 2.45) is 0 Å². The van der Waals surface area contributed by atoms with Crippen LogP contribution >= 0.6 is 11.8 Å². The summed E-state index contributed by atoms with van der Waals surface area (Å²) in [4.78, 5) is 2.50. The van der Waals surface area contributed by atoms with Crippen molar-refractivity contribution in [1.82, 2.24) is 14.7 Å². The molecule has 0 aliphatic carbocycles. The molecule has 0 aromatic carbocycles. The minimum atomic E-state index is -0.464. The summed E-state index contributed by atoms with van der Waals surface area (Å²) < 4.78 is 2.07. The molecule has 0 spiro atoms. The third kappa shape index (κ3) is 3.49. The van der Waals surface area contributed by atoms with Crippen LogP contribution in [0.3, 0.4) is 0 Å². The molecule has 18 heavy (non-hydrogen) atoms. The Morgan fingerprint density at radius 2 is 2.33 bits per heavy atom. The van der Waals surface area contributed by atoms with Gasteiger partial charge in [0.2, 0.25) is 0 Å². The lowest BCUT2D eigenvalue weighted by atomic mass is 10.2. The van der Waals surface area contributed by atoms with E-state index in [0.717, 1.165) is 38.3 Å². The Morgan fingerprint density at radius 1 is 1.50 bits per heavy atom. The molecule has 4 nitrogen and oxygen atoms in total. The van der Waals surface area contributed by atoms with E-state index in [1.165, 1.54) is 17.9 Å². The van der Waals surface area contributed by atoms with Crippen LogP contribution in [-0.2, 0) is 13.1 Å². The van der Waals surface area contributed by atoms with Crippen molar-refractivity contribution in [2.75, 3.05) is 25.1 Å². The Hall–Kier alpha value is -0.520. The molecule has 1 aromatic rings. The Labute approximate surface area is 113 Å². The zero-order valence-corrected chi connectivity index (χ0v) is 12.1. The first-order valence-corrected chi connectivity index (χ1v) is 8.06. The van der Waals surface area contributed by atoms with Gasteiger partial charge in [0, 0.05) is 19.6 Å². The fourth-order valence-electron chi connectivity index (χ4n) is 2.38. The number of aliphatic hydroxyl groups is 1. The maximum absolute atomic E-state index is 9.59. The third-order valence-electron chi connectivity index (χ3n) is 3.36. The Morgan fingerprint density at radius 3 is 3.06 bits per heavy atom. The van der Waals surface area contributed by atoms with E-state index < -0.39 is 6.10 Å². The van der Waals surface area contributed by atoms with Gasteiger partial charge in [0.15, 0.2) is 0 Å². The second-order valence-electron chi connectivity index (χ2n) is 4.94. The number of fused-ring (bicyclic) bond motifs is 1. The Balaban J connectivity index is 1.99. The minimum Gasteiger partial charge on any atom is -0.387 e. The van der Waals surface area contributed by atoms with Crippen LogP contribution in [0.1, 0.15) is 37.3 Å². The van der Waals surface area contributed by atoms with Crippen molar-refractivity contribution >= 4 is 11.8 Å². The summed E-state index contributed by atoms with van der Waals surface area (Å²) >= 11 is 1.91. The van der Waals surface area contributed by atoms with E-state index in [1.807, 2.05) is 11.8 Å². The molecular formula is C13H23N3OS. The molecule has 1 aliphatic heterocycles. The number of hydrogen-bond acceptors (Lipinski definition) is 4. The molecule has 2 heterocycles. The number of nitrogens with zero attached hydrogens (tertiary/aromatic N) is 3. The van der Waals surface area contributed by atoms with Crippen LogP contribution in [0.4, 0.5) is 0 Å². The first-order chi connectivity index (χ1) is 8.70. The molecule has 0 fully saturated rings.